The zero-order chi connectivity index (χ0) is 21.6. The van der Waals surface area contributed by atoms with Crippen LogP contribution in [0.3, 0.4) is 0 Å². The van der Waals surface area contributed by atoms with E-state index in [-0.39, 0.29) is 13.3 Å². The lowest BCUT2D eigenvalue weighted by Gasteiger charge is -2.16. The van der Waals surface area contributed by atoms with Gasteiger partial charge in [-0.05, 0) is 82.0 Å². The fourth-order valence-corrected chi connectivity index (χ4v) is 2.48. The second kappa shape index (κ2) is 14.6. The number of rotatable bonds is 8. The molecule has 1 aromatic rings. The van der Waals surface area contributed by atoms with Crippen molar-refractivity contribution in [2.24, 2.45) is 11.3 Å². The van der Waals surface area contributed by atoms with Gasteiger partial charge in [-0.2, -0.15) is 0 Å². The molecule has 1 aliphatic rings. The minimum absolute atomic E-state index is 0. The first-order valence-electron chi connectivity index (χ1n) is 10.4. The number of halogens is 1. The number of benzene rings is 1. The molecule has 1 atom stereocenters. The number of aliphatic hydroxyl groups excluding tert-OH is 1. The number of aliphatic hydroxyl groups is 1. The van der Waals surface area contributed by atoms with Crippen molar-refractivity contribution >= 4 is 0 Å². The van der Waals surface area contributed by atoms with Crippen LogP contribution in [0.4, 0.5) is 4.39 Å². The minimum Gasteiger partial charge on any atom is -0.490 e. The highest BCUT2D eigenvalue weighted by atomic mass is 19.1. The quantitative estimate of drug-likeness (QED) is 0.387. The van der Waals surface area contributed by atoms with Gasteiger partial charge in [0.2, 0.25) is 0 Å². The van der Waals surface area contributed by atoms with Crippen LogP contribution in [0.2, 0.25) is 0 Å². The predicted octanol–water partition coefficient (Wildman–Crippen LogP) is 6.53. The van der Waals surface area contributed by atoms with Gasteiger partial charge in [0, 0.05) is 14.6 Å². The van der Waals surface area contributed by atoms with Gasteiger partial charge >= 0.3 is 0 Å². The second-order valence-electron chi connectivity index (χ2n) is 8.48. The van der Waals surface area contributed by atoms with Crippen LogP contribution in [-0.2, 0) is 0 Å². The predicted molar refractivity (Wildman–Crippen MR) is 120 cm³/mol. The van der Waals surface area contributed by atoms with Gasteiger partial charge in [-0.3, -0.25) is 0 Å². The van der Waals surface area contributed by atoms with E-state index in [4.69, 9.17) is 9.84 Å². The summed E-state index contributed by atoms with van der Waals surface area (Å²) in [4.78, 5) is 0. The van der Waals surface area contributed by atoms with Crippen LogP contribution < -0.4 is 10.1 Å². The average molecular weight is 398 g/mol. The van der Waals surface area contributed by atoms with Crippen molar-refractivity contribution in [2.75, 3.05) is 20.8 Å². The number of unbranched alkanes of at least 4 members (excludes halogenated alkanes) is 1. The van der Waals surface area contributed by atoms with Gasteiger partial charge in [-0.1, -0.05) is 39.0 Å². The van der Waals surface area contributed by atoms with Crippen LogP contribution in [0, 0.1) is 17.2 Å². The van der Waals surface area contributed by atoms with Gasteiger partial charge in [0.25, 0.3) is 0 Å². The maximum atomic E-state index is 13.5. The normalized spacial score (nSPS) is 14.6. The summed E-state index contributed by atoms with van der Waals surface area (Å²) in [6, 6.07) is 5.27. The Balaban J connectivity index is 0. The third kappa shape index (κ3) is 12.9. The fourth-order valence-electron chi connectivity index (χ4n) is 2.48. The molecule has 1 aliphatic carbocycles. The van der Waals surface area contributed by atoms with E-state index in [0.717, 1.165) is 12.7 Å². The smallest absolute Gasteiger partial charge is 0.165 e. The Kier molecular flexibility index (Phi) is 13.9. The van der Waals surface area contributed by atoms with Gasteiger partial charge in [0.05, 0.1) is 6.61 Å². The molecule has 0 bridgehead atoms. The number of hydrogen-bond acceptors (Lipinski definition) is 3. The topological polar surface area (TPSA) is 41.5 Å². The van der Waals surface area contributed by atoms with Crippen molar-refractivity contribution in [1.29, 1.82) is 0 Å². The van der Waals surface area contributed by atoms with E-state index in [1.807, 2.05) is 14.0 Å². The highest BCUT2D eigenvalue weighted by molar-refractivity contribution is 5.32. The van der Waals surface area contributed by atoms with Crippen molar-refractivity contribution in [1.82, 2.24) is 5.32 Å². The highest BCUT2D eigenvalue weighted by Crippen LogP contribution is 2.31. The molecule has 0 unspecified atom stereocenters. The van der Waals surface area contributed by atoms with Crippen molar-refractivity contribution in [3.8, 4) is 5.75 Å². The van der Waals surface area contributed by atoms with E-state index in [2.05, 4.69) is 45.2 Å². The van der Waals surface area contributed by atoms with Gasteiger partial charge in [0.1, 0.15) is 0 Å². The highest BCUT2D eigenvalue weighted by Gasteiger charge is 2.22. The lowest BCUT2D eigenvalue weighted by molar-refractivity contribution is 0.285. The molecule has 1 fully saturated rings. The van der Waals surface area contributed by atoms with Gasteiger partial charge in [-0.25, -0.2) is 4.39 Å². The SMILES string of the molecule is C/C=C/CCCC(C)(C)C.CN[C@H](C)c1ccc(F)c(OCC2CC2)c1.CO.[HH]. The number of allylic oxidation sites excluding steroid dienone is 2. The molecule has 4 heteroatoms. The third-order valence-electron chi connectivity index (χ3n) is 4.59. The molecule has 0 saturated heterocycles. The summed E-state index contributed by atoms with van der Waals surface area (Å²) in [5, 5.41) is 10.1. The Bertz CT molecular complexity index is 554. The van der Waals surface area contributed by atoms with E-state index in [9.17, 15) is 4.39 Å². The fraction of sp³-hybridized carbons (Fsp3) is 0.667. The molecule has 0 spiro atoms. The summed E-state index contributed by atoms with van der Waals surface area (Å²) < 4.78 is 19.0. The van der Waals surface area contributed by atoms with E-state index in [1.165, 1.54) is 38.2 Å². The van der Waals surface area contributed by atoms with Crippen LogP contribution in [-0.4, -0.2) is 25.9 Å². The molecule has 0 amide bonds. The van der Waals surface area contributed by atoms with Crippen LogP contribution in [0.25, 0.3) is 0 Å². The maximum absolute atomic E-state index is 13.5. The van der Waals surface area contributed by atoms with E-state index < -0.39 is 0 Å². The monoisotopic (exact) mass is 397 g/mol. The molecule has 0 radical (unpaired) electrons. The van der Waals surface area contributed by atoms with Gasteiger partial charge < -0.3 is 15.2 Å². The molecule has 1 saturated carbocycles. The summed E-state index contributed by atoms with van der Waals surface area (Å²) in [7, 11) is 2.89. The Morgan fingerprint density at radius 1 is 1.32 bits per heavy atom. The zero-order valence-corrected chi connectivity index (χ0v) is 19.0. The molecule has 1 aromatic carbocycles. The third-order valence-corrected chi connectivity index (χ3v) is 4.59. The standard InChI is InChI=1S/C13H18FNO.C10H20.CH4O.H2/c1-9(15-2)11-5-6-12(14)13(7-11)16-8-10-3-4-10;1-5-6-7-8-9-10(2,3)4;1-2;/h5-7,9-10,15H,3-4,8H2,1-2H3;5-6H,7-9H2,1-4H3;2H,1H3;1H/b;6-5+;;/t9-;;;/m1.../s1. The van der Waals surface area contributed by atoms with Crippen LogP contribution >= 0.6 is 0 Å². The van der Waals surface area contributed by atoms with Crippen molar-refractivity contribution in [2.45, 2.75) is 72.8 Å². The molecule has 0 aliphatic heterocycles. The van der Waals surface area contributed by atoms with E-state index >= 15 is 0 Å². The Morgan fingerprint density at radius 2 is 1.96 bits per heavy atom. The molecular formula is C24H44FNO2. The van der Waals surface area contributed by atoms with Gasteiger partial charge in [-0.15, -0.1) is 0 Å². The summed E-state index contributed by atoms with van der Waals surface area (Å²) in [6.07, 6.45) is 10.7. The largest absolute Gasteiger partial charge is 0.490 e. The summed E-state index contributed by atoms with van der Waals surface area (Å²) in [5.41, 5.74) is 1.57. The Morgan fingerprint density at radius 3 is 2.46 bits per heavy atom. The first-order valence-corrected chi connectivity index (χ1v) is 10.4. The molecular weight excluding hydrogens is 353 g/mol. The number of hydrogen-bond donors (Lipinski definition) is 2. The molecule has 2 N–H and O–H groups in total. The minimum atomic E-state index is -0.271. The lowest BCUT2D eigenvalue weighted by atomic mass is 9.90. The zero-order valence-electron chi connectivity index (χ0n) is 19.0. The molecule has 0 aromatic heterocycles. The molecule has 0 heterocycles. The van der Waals surface area contributed by atoms with Crippen LogP contribution in [0.5, 0.6) is 5.75 Å². The van der Waals surface area contributed by atoms with Crippen molar-refractivity contribution < 1.29 is 15.7 Å². The van der Waals surface area contributed by atoms with E-state index in [0.29, 0.717) is 23.7 Å². The number of nitrogens with one attached hydrogen (secondary N) is 1. The lowest BCUT2D eigenvalue weighted by Crippen LogP contribution is -2.12. The molecule has 2 rings (SSSR count). The van der Waals surface area contributed by atoms with Crippen LogP contribution in [0.15, 0.2) is 30.4 Å². The first kappa shape index (κ1) is 26.6. The summed E-state index contributed by atoms with van der Waals surface area (Å²) in [5.74, 6) is 0.754. The first-order chi connectivity index (χ1) is 13.3. The Labute approximate surface area is 173 Å². The van der Waals surface area contributed by atoms with Gasteiger partial charge in [0.15, 0.2) is 11.6 Å². The summed E-state index contributed by atoms with van der Waals surface area (Å²) in [6.45, 7) is 11.7. The molecule has 28 heavy (non-hydrogen) atoms. The molecule has 3 nitrogen and oxygen atoms in total. The summed E-state index contributed by atoms with van der Waals surface area (Å²) >= 11 is 0. The van der Waals surface area contributed by atoms with Crippen LogP contribution in [0.1, 0.15) is 79.8 Å². The van der Waals surface area contributed by atoms with Crippen molar-refractivity contribution in [3.05, 3.63) is 41.7 Å². The van der Waals surface area contributed by atoms with Crippen molar-refractivity contribution in [3.63, 3.8) is 0 Å². The Hall–Kier alpha value is -1.39. The molecule has 164 valence electrons. The average Bonchev–Trinajstić information content (AvgIpc) is 3.50. The maximum Gasteiger partial charge on any atom is 0.165 e. The van der Waals surface area contributed by atoms with E-state index in [1.54, 1.807) is 12.1 Å². The number of ether oxygens (including phenoxy) is 1. The second-order valence-corrected chi connectivity index (χ2v) is 8.48.